The monoisotopic (exact) mass is 253 g/mol. The number of nitrogens with one attached hydrogen (secondary N) is 1. The summed E-state index contributed by atoms with van der Waals surface area (Å²) in [6, 6.07) is 0.533. The van der Waals surface area contributed by atoms with Crippen LogP contribution in [-0.2, 0) is 4.74 Å². The fraction of sp³-hybridized carbons (Fsp3) is 1.00. The van der Waals surface area contributed by atoms with Gasteiger partial charge in [0.2, 0.25) is 0 Å². The topological polar surface area (TPSA) is 21.3 Å². The second kappa shape index (κ2) is 4.79. The van der Waals surface area contributed by atoms with Crippen LogP contribution in [0.5, 0.6) is 0 Å². The number of hydrogen-bond acceptors (Lipinski definition) is 2. The SMILES string of the molecule is CC(C)(C)CC1NCCOC12CCCC(C)(C)C2. The van der Waals surface area contributed by atoms with Crippen LogP contribution in [0.2, 0.25) is 0 Å². The Kier molecular flexibility index (Phi) is 3.81. The summed E-state index contributed by atoms with van der Waals surface area (Å²) in [6.07, 6.45) is 6.33. The van der Waals surface area contributed by atoms with Gasteiger partial charge in [0.05, 0.1) is 12.2 Å². The Bertz CT molecular complexity index is 288. The van der Waals surface area contributed by atoms with E-state index in [1.54, 1.807) is 0 Å². The van der Waals surface area contributed by atoms with Crippen LogP contribution in [0, 0.1) is 10.8 Å². The van der Waals surface area contributed by atoms with Gasteiger partial charge in [-0.05, 0) is 42.9 Å². The summed E-state index contributed by atoms with van der Waals surface area (Å²) in [4.78, 5) is 0. The smallest absolute Gasteiger partial charge is 0.0840 e. The van der Waals surface area contributed by atoms with Crippen LogP contribution in [0.25, 0.3) is 0 Å². The minimum Gasteiger partial charge on any atom is -0.372 e. The van der Waals surface area contributed by atoms with Crippen LogP contribution in [0.15, 0.2) is 0 Å². The average molecular weight is 253 g/mol. The first-order chi connectivity index (χ1) is 8.23. The first-order valence-electron chi connectivity index (χ1n) is 7.60. The lowest BCUT2D eigenvalue weighted by Gasteiger charge is -2.52. The highest BCUT2D eigenvalue weighted by Crippen LogP contribution is 2.47. The molecule has 0 aromatic rings. The van der Waals surface area contributed by atoms with E-state index >= 15 is 0 Å². The minimum absolute atomic E-state index is 0.104. The van der Waals surface area contributed by atoms with E-state index in [-0.39, 0.29) is 5.60 Å². The predicted octanol–water partition coefficient (Wildman–Crippen LogP) is 3.75. The first-order valence-corrected chi connectivity index (χ1v) is 7.60. The molecule has 2 nitrogen and oxygen atoms in total. The van der Waals surface area contributed by atoms with Crippen molar-refractivity contribution in [3.8, 4) is 0 Å². The van der Waals surface area contributed by atoms with Crippen molar-refractivity contribution in [2.24, 2.45) is 10.8 Å². The normalized spacial score (nSPS) is 36.8. The summed E-state index contributed by atoms with van der Waals surface area (Å²) in [7, 11) is 0. The lowest BCUT2D eigenvalue weighted by molar-refractivity contribution is -0.145. The number of morpholine rings is 1. The second-order valence-electron chi connectivity index (χ2n) is 8.38. The molecule has 1 spiro atoms. The maximum Gasteiger partial charge on any atom is 0.0840 e. The molecule has 0 bridgehead atoms. The molecule has 1 N–H and O–H groups in total. The minimum atomic E-state index is 0.104. The van der Waals surface area contributed by atoms with E-state index in [1.165, 1.54) is 32.1 Å². The highest BCUT2D eigenvalue weighted by Gasteiger charge is 2.48. The quantitative estimate of drug-likeness (QED) is 0.768. The van der Waals surface area contributed by atoms with Crippen molar-refractivity contribution in [2.45, 2.75) is 78.4 Å². The van der Waals surface area contributed by atoms with Crippen LogP contribution >= 0.6 is 0 Å². The molecule has 2 fully saturated rings. The van der Waals surface area contributed by atoms with Crippen molar-refractivity contribution < 1.29 is 4.74 Å². The molecule has 1 aliphatic carbocycles. The van der Waals surface area contributed by atoms with Crippen molar-refractivity contribution in [1.82, 2.24) is 5.32 Å². The Balaban J connectivity index is 2.15. The van der Waals surface area contributed by atoms with Crippen molar-refractivity contribution in [3.63, 3.8) is 0 Å². The summed E-state index contributed by atoms with van der Waals surface area (Å²) in [5.41, 5.74) is 0.910. The van der Waals surface area contributed by atoms with Crippen LogP contribution in [0.1, 0.15) is 66.7 Å². The summed E-state index contributed by atoms with van der Waals surface area (Å²) in [6.45, 7) is 13.7. The van der Waals surface area contributed by atoms with E-state index < -0.39 is 0 Å². The van der Waals surface area contributed by atoms with Gasteiger partial charge >= 0.3 is 0 Å². The fourth-order valence-corrected chi connectivity index (χ4v) is 3.92. The number of rotatable bonds is 1. The van der Waals surface area contributed by atoms with Crippen molar-refractivity contribution in [1.29, 1.82) is 0 Å². The van der Waals surface area contributed by atoms with Gasteiger partial charge in [-0.3, -0.25) is 0 Å². The molecule has 2 heteroatoms. The Morgan fingerprint density at radius 2 is 1.94 bits per heavy atom. The molecule has 18 heavy (non-hydrogen) atoms. The third-order valence-corrected chi connectivity index (χ3v) is 4.57. The summed E-state index contributed by atoms with van der Waals surface area (Å²) < 4.78 is 6.34. The van der Waals surface area contributed by atoms with E-state index in [2.05, 4.69) is 39.9 Å². The van der Waals surface area contributed by atoms with Gasteiger partial charge in [-0.15, -0.1) is 0 Å². The first kappa shape index (κ1) is 14.3. The molecule has 0 aromatic heterocycles. The van der Waals surface area contributed by atoms with Gasteiger partial charge < -0.3 is 10.1 Å². The zero-order valence-electron chi connectivity index (χ0n) is 12.9. The van der Waals surface area contributed by atoms with Crippen LogP contribution in [0.4, 0.5) is 0 Å². The van der Waals surface area contributed by atoms with Gasteiger partial charge in [-0.1, -0.05) is 34.6 Å². The van der Waals surface area contributed by atoms with E-state index in [0.717, 1.165) is 13.2 Å². The molecule has 1 aliphatic heterocycles. The molecular formula is C16H31NO. The van der Waals surface area contributed by atoms with Gasteiger partial charge in [0.1, 0.15) is 0 Å². The summed E-state index contributed by atoms with van der Waals surface area (Å²) in [5, 5.41) is 3.75. The maximum absolute atomic E-state index is 6.34. The zero-order valence-corrected chi connectivity index (χ0v) is 12.9. The van der Waals surface area contributed by atoms with Crippen molar-refractivity contribution in [2.75, 3.05) is 13.2 Å². The molecule has 2 aliphatic rings. The predicted molar refractivity (Wildman–Crippen MR) is 76.8 cm³/mol. The molecule has 2 atom stereocenters. The van der Waals surface area contributed by atoms with Crippen LogP contribution < -0.4 is 5.32 Å². The van der Waals surface area contributed by atoms with Crippen LogP contribution in [0.3, 0.4) is 0 Å². The van der Waals surface area contributed by atoms with E-state index in [4.69, 9.17) is 4.74 Å². The third kappa shape index (κ3) is 3.27. The molecule has 0 aromatic carbocycles. The molecule has 0 radical (unpaired) electrons. The van der Waals surface area contributed by atoms with Gasteiger partial charge in [0.25, 0.3) is 0 Å². The van der Waals surface area contributed by atoms with Crippen LogP contribution in [-0.4, -0.2) is 24.8 Å². The van der Waals surface area contributed by atoms with Gasteiger partial charge in [0.15, 0.2) is 0 Å². The highest BCUT2D eigenvalue weighted by atomic mass is 16.5. The molecule has 0 amide bonds. The molecule has 1 heterocycles. The summed E-state index contributed by atoms with van der Waals surface area (Å²) >= 11 is 0. The molecular weight excluding hydrogens is 222 g/mol. The third-order valence-electron chi connectivity index (χ3n) is 4.57. The Morgan fingerprint density at radius 3 is 2.56 bits per heavy atom. The highest BCUT2D eigenvalue weighted by molar-refractivity contribution is 5.02. The zero-order chi connectivity index (χ0) is 13.4. The maximum atomic E-state index is 6.34. The van der Waals surface area contributed by atoms with Crippen molar-refractivity contribution in [3.05, 3.63) is 0 Å². The lowest BCUT2D eigenvalue weighted by Crippen LogP contribution is -2.61. The van der Waals surface area contributed by atoms with Crippen molar-refractivity contribution >= 4 is 0 Å². The molecule has 2 rings (SSSR count). The molecule has 1 saturated carbocycles. The van der Waals surface area contributed by atoms with E-state index in [9.17, 15) is 0 Å². The van der Waals surface area contributed by atoms with E-state index in [1.807, 2.05) is 0 Å². The van der Waals surface area contributed by atoms with Gasteiger partial charge in [-0.25, -0.2) is 0 Å². The summed E-state index contributed by atoms with van der Waals surface area (Å²) in [5.74, 6) is 0. The largest absolute Gasteiger partial charge is 0.372 e. The Labute approximate surface area is 113 Å². The Morgan fingerprint density at radius 1 is 1.22 bits per heavy atom. The second-order valence-corrected chi connectivity index (χ2v) is 8.38. The van der Waals surface area contributed by atoms with Gasteiger partial charge in [-0.2, -0.15) is 0 Å². The molecule has 1 saturated heterocycles. The Hall–Kier alpha value is -0.0800. The number of hydrogen-bond donors (Lipinski definition) is 1. The standard InChI is InChI=1S/C16H31NO/c1-14(2,3)11-13-16(18-10-9-17-13)8-6-7-15(4,5)12-16/h13,17H,6-12H2,1-5H3. The van der Waals surface area contributed by atoms with E-state index in [0.29, 0.717) is 16.9 Å². The molecule has 106 valence electrons. The average Bonchev–Trinajstić information content (AvgIpc) is 2.18. The number of ether oxygens (including phenoxy) is 1. The molecule has 2 unspecified atom stereocenters. The van der Waals surface area contributed by atoms with Gasteiger partial charge in [0, 0.05) is 12.6 Å². The lowest BCUT2D eigenvalue weighted by atomic mass is 9.64. The fourth-order valence-electron chi connectivity index (χ4n) is 3.92.